The van der Waals surface area contributed by atoms with Crippen molar-refractivity contribution in [1.29, 1.82) is 5.26 Å². The molecule has 0 atom stereocenters. The number of amides is 1. The first-order valence-electron chi connectivity index (χ1n) is 9.39. The summed E-state index contributed by atoms with van der Waals surface area (Å²) in [5.74, 6) is 0.433. The summed E-state index contributed by atoms with van der Waals surface area (Å²) in [5, 5.41) is 10.4. The SMILES string of the molecule is CCOc1cc(C=Nc2sc3c(c2C#N)CCCCC3)ccc1OCC(N)=O. The van der Waals surface area contributed by atoms with Crippen molar-refractivity contribution in [1.82, 2.24) is 0 Å². The number of nitriles is 1. The molecular formula is C21H23N3O3S. The van der Waals surface area contributed by atoms with E-state index in [4.69, 9.17) is 15.2 Å². The predicted molar refractivity (Wildman–Crippen MR) is 110 cm³/mol. The molecule has 0 saturated heterocycles. The minimum Gasteiger partial charge on any atom is -0.490 e. The summed E-state index contributed by atoms with van der Waals surface area (Å²) in [4.78, 5) is 16.8. The van der Waals surface area contributed by atoms with Crippen molar-refractivity contribution >= 4 is 28.5 Å². The highest BCUT2D eigenvalue weighted by Crippen LogP contribution is 2.38. The highest BCUT2D eigenvalue weighted by molar-refractivity contribution is 7.16. The third kappa shape index (κ3) is 4.70. The molecule has 7 heteroatoms. The Morgan fingerprint density at radius 1 is 1.29 bits per heavy atom. The zero-order valence-corrected chi connectivity index (χ0v) is 16.7. The molecule has 1 amide bonds. The molecule has 1 aliphatic rings. The minimum absolute atomic E-state index is 0.209. The van der Waals surface area contributed by atoms with Gasteiger partial charge in [-0.25, -0.2) is 4.99 Å². The fourth-order valence-electron chi connectivity index (χ4n) is 3.21. The van der Waals surface area contributed by atoms with Crippen molar-refractivity contribution < 1.29 is 14.3 Å². The van der Waals surface area contributed by atoms with Gasteiger partial charge in [0.25, 0.3) is 5.91 Å². The summed E-state index contributed by atoms with van der Waals surface area (Å²) in [5.41, 5.74) is 7.85. The molecule has 1 aliphatic carbocycles. The van der Waals surface area contributed by atoms with Crippen LogP contribution in [0.3, 0.4) is 0 Å². The average molecular weight is 398 g/mol. The van der Waals surface area contributed by atoms with E-state index in [-0.39, 0.29) is 6.61 Å². The number of hydrogen-bond donors (Lipinski definition) is 1. The second kappa shape index (κ2) is 9.38. The molecule has 1 heterocycles. The molecule has 3 rings (SSSR count). The number of fused-ring (bicyclic) bond motifs is 1. The Kier molecular flexibility index (Phi) is 6.66. The minimum atomic E-state index is -0.547. The lowest BCUT2D eigenvalue weighted by Crippen LogP contribution is -2.20. The Bertz CT molecular complexity index is 928. The van der Waals surface area contributed by atoms with Crippen molar-refractivity contribution in [3.8, 4) is 17.6 Å². The van der Waals surface area contributed by atoms with E-state index >= 15 is 0 Å². The van der Waals surface area contributed by atoms with Crippen LogP contribution in [0.25, 0.3) is 0 Å². The molecule has 0 unspecified atom stereocenters. The molecule has 1 aromatic carbocycles. The topological polar surface area (TPSA) is 97.7 Å². The van der Waals surface area contributed by atoms with Crippen LogP contribution >= 0.6 is 11.3 Å². The number of aliphatic imine (C=N–C) groups is 1. The zero-order chi connectivity index (χ0) is 19.9. The number of carbonyl (C=O) groups is 1. The molecule has 0 fully saturated rings. The molecule has 6 nitrogen and oxygen atoms in total. The van der Waals surface area contributed by atoms with Crippen LogP contribution < -0.4 is 15.2 Å². The number of hydrogen-bond acceptors (Lipinski definition) is 6. The molecule has 28 heavy (non-hydrogen) atoms. The van der Waals surface area contributed by atoms with Gasteiger partial charge in [-0.15, -0.1) is 11.3 Å². The molecule has 2 aromatic rings. The van der Waals surface area contributed by atoms with Gasteiger partial charge in [0.05, 0.1) is 12.2 Å². The van der Waals surface area contributed by atoms with Gasteiger partial charge in [0.1, 0.15) is 11.1 Å². The van der Waals surface area contributed by atoms with Gasteiger partial charge in [-0.3, -0.25) is 4.79 Å². The lowest BCUT2D eigenvalue weighted by atomic mass is 10.1. The molecule has 0 radical (unpaired) electrons. The maximum absolute atomic E-state index is 10.9. The number of nitrogens with zero attached hydrogens (tertiary/aromatic N) is 2. The number of ether oxygens (including phenoxy) is 2. The highest BCUT2D eigenvalue weighted by atomic mass is 32.1. The van der Waals surface area contributed by atoms with Gasteiger partial charge in [-0.05, 0) is 61.9 Å². The summed E-state index contributed by atoms with van der Waals surface area (Å²) in [6.45, 7) is 2.13. The molecule has 0 aliphatic heterocycles. The molecule has 2 N–H and O–H groups in total. The smallest absolute Gasteiger partial charge is 0.255 e. The predicted octanol–water partition coefficient (Wildman–Crippen LogP) is 3.90. The second-order valence-corrected chi connectivity index (χ2v) is 7.59. The standard InChI is InChI=1S/C21H23N3O3S/c1-2-26-18-10-14(8-9-17(18)27-13-20(23)25)12-24-21-16(11-22)15-6-4-3-5-7-19(15)28-21/h8-10,12H,2-7,13H2,1H3,(H2,23,25). The second-order valence-electron chi connectivity index (χ2n) is 6.51. The van der Waals surface area contributed by atoms with Gasteiger partial charge < -0.3 is 15.2 Å². The van der Waals surface area contributed by atoms with Crippen LogP contribution in [0.4, 0.5) is 5.00 Å². The molecule has 0 spiro atoms. The Morgan fingerprint density at radius 3 is 2.86 bits per heavy atom. The molecule has 146 valence electrons. The van der Waals surface area contributed by atoms with Crippen LogP contribution in [0.5, 0.6) is 11.5 Å². The highest BCUT2D eigenvalue weighted by Gasteiger charge is 2.19. The van der Waals surface area contributed by atoms with Crippen LogP contribution in [0.2, 0.25) is 0 Å². The quantitative estimate of drug-likeness (QED) is 0.566. The van der Waals surface area contributed by atoms with Crippen molar-refractivity contribution in [2.24, 2.45) is 10.7 Å². The molecule has 0 saturated carbocycles. The summed E-state index contributed by atoms with van der Waals surface area (Å²) in [6.07, 6.45) is 7.24. The van der Waals surface area contributed by atoms with Gasteiger partial charge in [-0.1, -0.05) is 6.42 Å². The van der Waals surface area contributed by atoms with Crippen molar-refractivity contribution in [3.63, 3.8) is 0 Å². The zero-order valence-electron chi connectivity index (χ0n) is 15.9. The summed E-state index contributed by atoms with van der Waals surface area (Å²) < 4.78 is 11.0. The molecule has 0 bridgehead atoms. The fourth-order valence-corrected chi connectivity index (χ4v) is 4.39. The normalized spacial score (nSPS) is 13.6. The summed E-state index contributed by atoms with van der Waals surface area (Å²) >= 11 is 1.62. The number of aryl methyl sites for hydroxylation is 1. The number of benzene rings is 1. The third-order valence-electron chi connectivity index (χ3n) is 4.48. The van der Waals surface area contributed by atoms with E-state index < -0.39 is 5.91 Å². The van der Waals surface area contributed by atoms with Crippen LogP contribution in [0.15, 0.2) is 23.2 Å². The van der Waals surface area contributed by atoms with Crippen molar-refractivity contribution in [2.75, 3.05) is 13.2 Å². The lowest BCUT2D eigenvalue weighted by molar-refractivity contribution is -0.119. The van der Waals surface area contributed by atoms with E-state index in [0.717, 1.165) is 29.8 Å². The van der Waals surface area contributed by atoms with Crippen LogP contribution in [-0.2, 0) is 17.6 Å². The lowest BCUT2D eigenvalue weighted by Gasteiger charge is -2.11. The number of primary amides is 1. The Balaban J connectivity index is 1.85. The van der Waals surface area contributed by atoms with E-state index in [1.54, 1.807) is 29.7 Å². The monoisotopic (exact) mass is 397 g/mol. The van der Waals surface area contributed by atoms with Gasteiger partial charge in [0, 0.05) is 11.1 Å². The van der Waals surface area contributed by atoms with Gasteiger partial charge in [0.15, 0.2) is 18.1 Å². The molecule has 1 aromatic heterocycles. The molecular weight excluding hydrogens is 374 g/mol. The van der Waals surface area contributed by atoms with Gasteiger partial charge >= 0.3 is 0 Å². The number of carbonyl (C=O) groups excluding carboxylic acids is 1. The van der Waals surface area contributed by atoms with E-state index in [0.29, 0.717) is 23.7 Å². The first-order chi connectivity index (χ1) is 13.6. The number of nitrogens with two attached hydrogens (primary N) is 1. The van der Waals surface area contributed by atoms with Crippen LogP contribution in [-0.4, -0.2) is 25.3 Å². The van der Waals surface area contributed by atoms with E-state index in [1.807, 2.05) is 13.0 Å². The maximum atomic E-state index is 10.9. The first-order valence-corrected chi connectivity index (χ1v) is 10.2. The van der Waals surface area contributed by atoms with Crippen LogP contribution in [0.1, 0.15) is 47.8 Å². The Hall–Kier alpha value is -2.85. The number of rotatable bonds is 7. The van der Waals surface area contributed by atoms with Crippen molar-refractivity contribution in [2.45, 2.75) is 39.0 Å². The third-order valence-corrected chi connectivity index (χ3v) is 5.68. The number of thiophene rings is 1. The summed E-state index contributed by atoms with van der Waals surface area (Å²) in [7, 11) is 0. The van der Waals surface area contributed by atoms with Gasteiger partial charge in [-0.2, -0.15) is 5.26 Å². The maximum Gasteiger partial charge on any atom is 0.255 e. The largest absolute Gasteiger partial charge is 0.490 e. The van der Waals surface area contributed by atoms with Gasteiger partial charge in [0.2, 0.25) is 0 Å². The van der Waals surface area contributed by atoms with Crippen LogP contribution in [0, 0.1) is 11.3 Å². The average Bonchev–Trinajstić information content (AvgIpc) is 2.85. The van der Waals surface area contributed by atoms with Crippen molar-refractivity contribution in [3.05, 3.63) is 39.8 Å². The van der Waals surface area contributed by atoms with E-state index in [9.17, 15) is 10.1 Å². The Morgan fingerprint density at radius 2 is 2.11 bits per heavy atom. The Labute approximate surface area is 168 Å². The fraction of sp³-hybridized carbons (Fsp3) is 0.381. The summed E-state index contributed by atoms with van der Waals surface area (Å²) in [6, 6.07) is 7.70. The van der Waals surface area contributed by atoms with E-state index in [2.05, 4.69) is 11.1 Å². The first kappa shape index (κ1) is 19.9. The van der Waals surface area contributed by atoms with E-state index in [1.165, 1.54) is 23.3 Å².